The molecule has 3 rings (SSSR count). The summed E-state index contributed by atoms with van der Waals surface area (Å²) in [5.74, 6) is -1.04. The molecule has 6 nitrogen and oxygen atoms in total. The number of fused-ring (bicyclic) bond motifs is 1. The maximum Gasteiger partial charge on any atom is 0.331 e. The van der Waals surface area contributed by atoms with Crippen LogP contribution in [0.2, 0.25) is 0 Å². The van der Waals surface area contributed by atoms with Crippen LogP contribution in [0.5, 0.6) is 0 Å². The Morgan fingerprint density at radius 2 is 1.86 bits per heavy atom. The predicted molar refractivity (Wildman–Crippen MR) is 109 cm³/mol. The van der Waals surface area contributed by atoms with E-state index in [-0.39, 0.29) is 18.3 Å². The number of nitrogens with zero attached hydrogens (tertiary/aromatic N) is 1. The standard InChI is InChI=1S/C21H18N2O4S/c1-2-19(25)22-15-9-7-14(8-10-15)17(24)13-27-21(26)12-11-20-23-16-5-3-4-6-18(16)28-20/h3-12H,2,13H2,1H3,(H,22,25)/b12-11+. The lowest BCUT2D eigenvalue weighted by atomic mass is 10.1. The third-order valence-electron chi connectivity index (χ3n) is 3.83. The van der Waals surface area contributed by atoms with Gasteiger partial charge in [0.05, 0.1) is 10.2 Å². The molecule has 0 aliphatic heterocycles. The summed E-state index contributed by atoms with van der Waals surface area (Å²) in [6.07, 6.45) is 3.21. The number of ketones is 1. The minimum Gasteiger partial charge on any atom is -0.454 e. The Hall–Kier alpha value is -3.32. The summed E-state index contributed by atoms with van der Waals surface area (Å²) >= 11 is 1.46. The lowest BCUT2D eigenvalue weighted by Gasteiger charge is -2.05. The zero-order valence-corrected chi connectivity index (χ0v) is 16.0. The predicted octanol–water partition coefficient (Wildman–Crippen LogP) is 4.08. The summed E-state index contributed by atoms with van der Waals surface area (Å²) < 4.78 is 6.03. The van der Waals surface area contributed by atoms with Crippen LogP contribution >= 0.6 is 11.3 Å². The summed E-state index contributed by atoms with van der Waals surface area (Å²) in [5.41, 5.74) is 1.88. The molecule has 0 radical (unpaired) electrons. The van der Waals surface area contributed by atoms with Crippen LogP contribution in [0.4, 0.5) is 5.69 Å². The van der Waals surface area contributed by atoms with E-state index in [4.69, 9.17) is 4.74 Å². The van der Waals surface area contributed by atoms with Crippen molar-refractivity contribution >= 4 is 51.0 Å². The Labute approximate surface area is 165 Å². The van der Waals surface area contributed by atoms with E-state index in [1.54, 1.807) is 37.3 Å². The summed E-state index contributed by atoms with van der Waals surface area (Å²) in [6.45, 7) is 1.40. The zero-order valence-electron chi connectivity index (χ0n) is 15.2. The quantitative estimate of drug-likeness (QED) is 0.371. The number of benzene rings is 2. The molecule has 2 aromatic carbocycles. The normalized spacial score (nSPS) is 10.9. The van der Waals surface area contributed by atoms with E-state index in [0.717, 1.165) is 10.2 Å². The molecule has 1 aromatic heterocycles. The van der Waals surface area contributed by atoms with Crippen molar-refractivity contribution in [1.82, 2.24) is 4.98 Å². The van der Waals surface area contributed by atoms with Crippen LogP contribution < -0.4 is 5.32 Å². The Bertz CT molecular complexity index is 1010. The molecule has 0 spiro atoms. The first-order valence-electron chi connectivity index (χ1n) is 8.68. The highest BCUT2D eigenvalue weighted by atomic mass is 32.1. The highest BCUT2D eigenvalue weighted by Gasteiger charge is 2.09. The molecule has 0 saturated heterocycles. The smallest absolute Gasteiger partial charge is 0.331 e. The van der Waals surface area contributed by atoms with Gasteiger partial charge < -0.3 is 10.1 Å². The number of carbonyl (C=O) groups excluding carboxylic acids is 3. The Balaban J connectivity index is 1.52. The van der Waals surface area contributed by atoms with E-state index in [1.807, 2.05) is 24.3 Å². The molecule has 0 aliphatic rings. The van der Waals surface area contributed by atoms with Gasteiger partial charge in [-0.15, -0.1) is 11.3 Å². The molecule has 1 amide bonds. The summed E-state index contributed by atoms with van der Waals surface area (Å²) in [6, 6.07) is 14.1. The number of thiazole rings is 1. The monoisotopic (exact) mass is 394 g/mol. The Morgan fingerprint density at radius 1 is 1.11 bits per heavy atom. The van der Waals surface area contributed by atoms with Crippen molar-refractivity contribution in [3.8, 4) is 0 Å². The molecular weight excluding hydrogens is 376 g/mol. The van der Waals surface area contributed by atoms with Gasteiger partial charge in [0.2, 0.25) is 5.91 Å². The fraction of sp³-hybridized carbons (Fsp3) is 0.143. The number of carbonyl (C=O) groups is 3. The number of hydrogen-bond acceptors (Lipinski definition) is 6. The van der Waals surface area contributed by atoms with Gasteiger partial charge in [-0.2, -0.15) is 0 Å². The van der Waals surface area contributed by atoms with E-state index in [9.17, 15) is 14.4 Å². The average molecular weight is 394 g/mol. The second kappa shape index (κ2) is 9.05. The molecule has 1 heterocycles. The minimum absolute atomic E-state index is 0.104. The van der Waals surface area contributed by atoms with E-state index < -0.39 is 5.97 Å². The van der Waals surface area contributed by atoms with Gasteiger partial charge in [-0.3, -0.25) is 9.59 Å². The number of ether oxygens (including phenoxy) is 1. The van der Waals surface area contributed by atoms with Crippen molar-refractivity contribution in [3.05, 3.63) is 65.2 Å². The third kappa shape index (κ3) is 5.11. The molecule has 0 unspecified atom stereocenters. The van der Waals surface area contributed by atoms with Gasteiger partial charge in [0.1, 0.15) is 5.01 Å². The van der Waals surface area contributed by atoms with Gasteiger partial charge in [-0.1, -0.05) is 19.1 Å². The number of anilines is 1. The highest BCUT2D eigenvalue weighted by molar-refractivity contribution is 7.19. The molecule has 0 fully saturated rings. The molecule has 7 heteroatoms. The topological polar surface area (TPSA) is 85.4 Å². The van der Waals surface area contributed by atoms with E-state index in [0.29, 0.717) is 22.7 Å². The van der Waals surface area contributed by atoms with Crippen LogP contribution in [0.25, 0.3) is 16.3 Å². The second-order valence-electron chi connectivity index (χ2n) is 5.86. The van der Waals surface area contributed by atoms with Crippen molar-refractivity contribution in [1.29, 1.82) is 0 Å². The number of esters is 1. The van der Waals surface area contributed by atoms with Crippen LogP contribution in [0.15, 0.2) is 54.6 Å². The van der Waals surface area contributed by atoms with E-state index in [2.05, 4.69) is 10.3 Å². The number of Topliss-reactive ketones (excluding diaryl/α,β-unsaturated/α-hetero) is 1. The van der Waals surface area contributed by atoms with Crippen molar-refractivity contribution in [2.45, 2.75) is 13.3 Å². The fourth-order valence-electron chi connectivity index (χ4n) is 2.36. The molecule has 1 N–H and O–H groups in total. The van der Waals surface area contributed by atoms with Gasteiger partial charge in [-0.25, -0.2) is 9.78 Å². The largest absolute Gasteiger partial charge is 0.454 e. The third-order valence-corrected chi connectivity index (χ3v) is 4.83. The molecule has 142 valence electrons. The first-order chi connectivity index (χ1) is 13.5. The van der Waals surface area contributed by atoms with Crippen LogP contribution in [-0.2, 0) is 14.3 Å². The minimum atomic E-state index is -0.612. The Morgan fingerprint density at radius 3 is 2.57 bits per heavy atom. The number of para-hydroxylation sites is 1. The summed E-state index contributed by atoms with van der Waals surface area (Å²) in [7, 11) is 0. The Kier molecular flexibility index (Phi) is 6.29. The zero-order chi connectivity index (χ0) is 19.9. The van der Waals surface area contributed by atoms with Crippen LogP contribution in [0.3, 0.4) is 0 Å². The lowest BCUT2D eigenvalue weighted by molar-refractivity contribution is -0.136. The van der Waals surface area contributed by atoms with Crippen LogP contribution in [-0.4, -0.2) is 29.3 Å². The van der Waals surface area contributed by atoms with Crippen LogP contribution in [0, 0.1) is 0 Å². The lowest BCUT2D eigenvalue weighted by Crippen LogP contribution is -2.13. The maximum absolute atomic E-state index is 12.1. The van der Waals surface area contributed by atoms with Gasteiger partial charge in [0.25, 0.3) is 0 Å². The number of rotatable bonds is 7. The summed E-state index contributed by atoms with van der Waals surface area (Å²) in [4.78, 5) is 39.7. The van der Waals surface area contributed by atoms with E-state index in [1.165, 1.54) is 17.4 Å². The summed E-state index contributed by atoms with van der Waals surface area (Å²) in [5, 5.41) is 3.39. The molecule has 3 aromatic rings. The number of aromatic nitrogens is 1. The molecular formula is C21H18N2O4S. The van der Waals surface area contributed by atoms with Crippen molar-refractivity contribution in [2.24, 2.45) is 0 Å². The van der Waals surface area contributed by atoms with Crippen molar-refractivity contribution in [2.75, 3.05) is 11.9 Å². The SMILES string of the molecule is CCC(=O)Nc1ccc(C(=O)COC(=O)/C=C/c2nc3ccccc3s2)cc1. The number of nitrogens with one attached hydrogen (secondary N) is 1. The van der Waals surface area contributed by atoms with Gasteiger partial charge in [0.15, 0.2) is 12.4 Å². The van der Waals surface area contributed by atoms with Gasteiger partial charge in [0, 0.05) is 23.7 Å². The second-order valence-corrected chi connectivity index (χ2v) is 6.93. The molecule has 0 saturated carbocycles. The number of amides is 1. The van der Waals surface area contributed by atoms with Gasteiger partial charge in [-0.05, 0) is 42.5 Å². The maximum atomic E-state index is 12.1. The van der Waals surface area contributed by atoms with Gasteiger partial charge >= 0.3 is 5.97 Å². The highest BCUT2D eigenvalue weighted by Crippen LogP contribution is 2.22. The fourth-order valence-corrected chi connectivity index (χ4v) is 3.23. The average Bonchev–Trinajstić information content (AvgIpc) is 3.14. The molecule has 0 atom stereocenters. The van der Waals surface area contributed by atoms with Crippen molar-refractivity contribution in [3.63, 3.8) is 0 Å². The molecule has 0 aliphatic carbocycles. The van der Waals surface area contributed by atoms with Crippen molar-refractivity contribution < 1.29 is 19.1 Å². The molecule has 28 heavy (non-hydrogen) atoms. The molecule has 0 bridgehead atoms. The van der Waals surface area contributed by atoms with E-state index >= 15 is 0 Å². The first kappa shape index (κ1) is 19.4. The van der Waals surface area contributed by atoms with Crippen LogP contribution in [0.1, 0.15) is 28.7 Å². The number of hydrogen-bond donors (Lipinski definition) is 1. The first-order valence-corrected chi connectivity index (χ1v) is 9.50.